The van der Waals surface area contributed by atoms with Gasteiger partial charge in [-0.2, -0.15) is 0 Å². The summed E-state index contributed by atoms with van der Waals surface area (Å²) in [6, 6.07) is 0. The number of nitrogens with two attached hydrogens (primary N) is 1. The van der Waals surface area contributed by atoms with Crippen LogP contribution in [-0.2, 0) is 14.3 Å². The Morgan fingerprint density at radius 1 is 1.28 bits per heavy atom. The molecule has 5 heteroatoms. The first-order valence-electron chi connectivity index (χ1n) is 6.34. The minimum absolute atomic E-state index is 0.0631. The van der Waals surface area contributed by atoms with Crippen molar-refractivity contribution in [1.82, 2.24) is 5.32 Å². The highest BCUT2D eigenvalue weighted by Gasteiger charge is 2.24. The fourth-order valence-electron chi connectivity index (χ4n) is 1.85. The van der Waals surface area contributed by atoms with E-state index in [4.69, 9.17) is 5.73 Å². The molecule has 5 nitrogen and oxygen atoms in total. The number of ether oxygens (including phenoxy) is 1. The summed E-state index contributed by atoms with van der Waals surface area (Å²) >= 11 is 0. The normalized spacial score (nSPS) is 12.9. The average Bonchev–Trinajstić information content (AvgIpc) is 2.29. The molecule has 1 amide bonds. The van der Waals surface area contributed by atoms with E-state index in [2.05, 4.69) is 30.8 Å². The van der Waals surface area contributed by atoms with Crippen LogP contribution in [0.2, 0.25) is 0 Å². The second-order valence-electron chi connectivity index (χ2n) is 5.53. The van der Waals surface area contributed by atoms with Crippen molar-refractivity contribution in [2.45, 2.75) is 40.0 Å². The molecule has 18 heavy (non-hydrogen) atoms. The summed E-state index contributed by atoms with van der Waals surface area (Å²) in [4.78, 5) is 22.4. The van der Waals surface area contributed by atoms with Crippen molar-refractivity contribution in [3.8, 4) is 0 Å². The van der Waals surface area contributed by atoms with Crippen LogP contribution in [-0.4, -0.2) is 32.1 Å². The van der Waals surface area contributed by atoms with Gasteiger partial charge in [-0.05, 0) is 30.7 Å². The van der Waals surface area contributed by atoms with Crippen molar-refractivity contribution < 1.29 is 14.3 Å². The molecule has 0 radical (unpaired) electrons. The molecule has 0 aliphatic carbocycles. The first kappa shape index (κ1) is 16.9. The van der Waals surface area contributed by atoms with E-state index in [-0.39, 0.29) is 17.9 Å². The molecule has 0 heterocycles. The van der Waals surface area contributed by atoms with E-state index >= 15 is 0 Å². The largest absolute Gasteiger partial charge is 0.468 e. The Bertz CT molecular complexity index is 272. The van der Waals surface area contributed by atoms with Crippen LogP contribution in [0, 0.1) is 11.3 Å². The van der Waals surface area contributed by atoms with Gasteiger partial charge in [-0.15, -0.1) is 0 Å². The predicted octanol–water partition coefficient (Wildman–Crippen LogP) is 1.07. The zero-order chi connectivity index (χ0) is 14.2. The molecule has 0 aromatic rings. The predicted molar refractivity (Wildman–Crippen MR) is 70.9 cm³/mol. The maximum absolute atomic E-state index is 11.5. The van der Waals surface area contributed by atoms with Crippen LogP contribution in [0.4, 0.5) is 0 Å². The van der Waals surface area contributed by atoms with Gasteiger partial charge in [0.1, 0.15) is 6.54 Å². The Morgan fingerprint density at radius 3 is 2.33 bits per heavy atom. The molecule has 0 saturated heterocycles. The molecule has 0 saturated carbocycles. The topological polar surface area (TPSA) is 81.4 Å². The fourth-order valence-corrected chi connectivity index (χ4v) is 1.85. The number of methoxy groups -OCH3 is 1. The lowest BCUT2D eigenvalue weighted by molar-refractivity contribution is -0.141. The van der Waals surface area contributed by atoms with Gasteiger partial charge < -0.3 is 15.8 Å². The summed E-state index contributed by atoms with van der Waals surface area (Å²) in [5.41, 5.74) is 5.73. The summed E-state index contributed by atoms with van der Waals surface area (Å²) in [5.74, 6) is -0.143. The van der Waals surface area contributed by atoms with Crippen LogP contribution in [0.1, 0.15) is 40.0 Å². The highest BCUT2D eigenvalue weighted by molar-refractivity contribution is 5.81. The standard InChI is InChI=1S/C13H26N2O3/c1-13(2,3)10(7-8-14)5-6-11(16)15-9-12(17)18-4/h10H,5-9,14H2,1-4H3,(H,15,16). The third-order valence-corrected chi connectivity index (χ3v) is 3.12. The molecule has 0 bridgehead atoms. The van der Waals surface area contributed by atoms with Gasteiger partial charge in [-0.25, -0.2) is 0 Å². The lowest BCUT2D eigenvalue weighted by Gasteiger charge is -2.30. The summed E-state index contributed by atoms with van der Waals surface area (Å²) < 4.78 is 4.45. The molecule has 0 rings (SSSR count). The smallest absolute Gasteiger partial charge is 0.325 e. The van der Waals surface area contributed by atoms with Crippen LogP contribution in [0.5, 0.6) is 0 Å². The Hall–Kier alpha value is -1.10. The van der Waals surface area contributed by atoms with Crippen molar-refractivity contribution in [2.75, 3.05) is 20.2 Å². The van der Waals surface area contributed by atoms with Crippen LogP contribution >= 0.6 is 0 Å². The molecule has 0 spiro atoms. The van der Waals surface area contributed by atoms with Crippen molar-refractivity contribution >= 4 is 11.9 Å². The number of esters is 1. The second-order valence-corrected chi connectivity index (χ2v) is 5.53. The summed E-state index contributed by atoms with van der Waals surface area (Å²) in [7, 11) is 1.30. The molecular weight excluding hydrogens is 232 g/mol. The van der Waals surface area contributed by atoms with Gasteiger partial charge in [0, 0.05) is 6.42 Å². The highest BCUT2D eigenvalue weighted by atomic mass is 16.5. The lowest BCUT2D eigenvalue weighted by Crippen LogP contribution is -2.31. The monoisotopic (exact) mass is 258 g/mol. The summed E-state index contributed by atoms with van der Waals surface area (Å²) in [6.45, 7) is 7.02. The van der Waals surface area contributed by atoms with E-state index < -0.39 is 5.97 Å². The molecule has 106 valence electrons. The quantitative estimate of drug-likeness (QED) is 0.669. The van der Waals surface area contributed by atoms with E-state index in [0.29, 0.717) is 18.9 Å². The van der Waals surface area contributed by atoms with Gasteiger partial charge in [-0.1, -0.05) is 20.8 Å². The summed E-state index contributed by atoms with van der Waals surface area (Å²) in [6.07, 6.45) is 2.11. The van der Waals surface area contributed by atoms with Crippen LogP contribution in [0.25, 0.3) is 0 Å². The van der Waals surface area contributed by atoms with Gasteiger partial charge in [0.25, 0.3) is 0 Å². The number of nitrogens with one attached hydrogen (secondary N) is 1. The number of hydrogen-bond acceptors (Lipinski definition) is 4. The summed E-state index contributed by atoms with van der Waals surface area (Å²) in [5, 5.41) is 2.54. The zero-order valence-corrected chi connectivity index (χ0v) is 11.9. The van der Waals surface area contributed by atoms with Gasteiger partial charge >= 0.3 is 5.97 Å². The minimum atomic E-state index is -0.433. The number of carbonyl (C=O) groups is 2. The second kappa shape index (κ2) is 8.08. The molecule has 3 N–H and O–H groups in total. The lowest BCUT2D eigenvalue weighted by atomic mass is 9.76. The van der Waals surface area contributed by atoms with Gasteiger partial charge in [-0.3, -0.25) is 9.59 Å². The third kappa shape index (κ3) is 7.27. The first-order valence-corrected chi connectivity index (χ1v) is 6.34. The Morgan fingerprint density at radius 2 is 1.89 bits per heavy atom. The van der Waals surface area contributed by atoms with Crippen LogP contribution in [0.3, 0.4) is 0 Å². The maximum Gasteiger partial charge on any atom is 0.325 e. The molecule has 0 aliphatic rings. The van der Waals surface area contributed by atoms with Gasteiger partial charge in [0.15, 0.2) is 0 Å². The fraction of sp³-hybridized carbons (Fsp3) is 0.846. The molecule has 0 aromatic heterocycles. The van der Waals surface area contributed by atoms with Crippen molar-refractivity contribution in [2.24, 2.45) is 17.1 Å². The number of hydrogen-bond donors (Lipinski definition) is 2. The SMILES string of the molecule is COC(=O)CNC(=O)CCC(CCN)C(C)(C)C. The van der Waals surface area contributed by atoms with E-state index in [0.717, 1.165) is 12.8 Å². The van der Waals surface area contributed by atoms with Gasteiger partial charge in [0.05, 0.1) is 7.11 Å². The molecule has 1 unspecified atom stereocenters. The minimum Gasteiger partial charge on any atom is -0.468 e. The van der Waals surface area contributed by atoms with Crippen molar-refractivity contribution in [3.05, 3.63) is 0 Å². The Balaban J connectivity index is 4.04. The highest BCUT2D eigenvalue weighted by Crippen LogP contribution is 2.31. The van der Waals surface area contributed by atoms with Crippen LogP contribution < -0.4 is 11.1 Å². The van der Waals surface area contributed by atoms with E-state index in [1.54, 1.807) is 0 Å². The molecule has 1 atom stereocenters. The molecule has 0 fully saturated rings. The molecular formula is C13H26N2O3. The average molecular weight is 258 g/mol. The Labute approximate surface area is 109 Å². The Kier molecular flexibility index (Phi) is 7.59. The first-order chi connectivity index (χ1) is 8.31. The number of amides is 1. The zero-order valence-electron chi connectivity index (χ0n) is 11.9. The maximum atomic E-state index is 11.5. The molecule has 0 aliphatic heterocycles. The number of carbonyl (C=O) groups excluding carboxylic acids is 2. The van der Waals surface area contributed by atoms with E-state index in [9.17, 15) is 9.59 Å². The number of rotatable bonds is 7. The van der Waals surface area contributed by atoms with Gasteiger partial charge in [0.2, 0.25) is 5.91 Å². The molecule has 0 aromatic carbocycles. The van der Waals surface area contributed by atoms with Crippen LogP contribution in [0.15, 0.2) is 0 Å². The van der Waals surface area contributed by atoms with Crippen molar-refractivity contribution in [3.63, 3.8) is 0 Å². The van der Waals surface area contributed by atoms with E-state index in [1.165, 1.54) is 7.11 Å². The third-order valence-electron chi connectivity index (χ3n) is 3.12. The van der Waals surface area contributed by atoms with E-state index in [1.807, 2.05) is 0 Å². The van der Waals surface area contributed by atoms with Crippen molar-refractivity contribution in [1.29, 1.82) is 0 Å².